The molecule has 0 radical (unpaired) electrons. The van der Waals surface area contributed by atoms with Crippen LogP contribution in [0.15, 0.2) is 67.3 Å². The number of hydrogen-bond donors (Lipinski definition) is 1. The first kappa shape index (κ1) is 26.0. The number of benzene rings is 2. The van der Waals surface area contributed by atoms with Crippen molar-refractivity contribution in [1.82, 2.24) is 15.1 Å². The molecule has 1 saturated heterocycles. The minimum Gasteiger partial charge on any atom is -0.445 e. The van der Waals surface area contributed by atoms with Crippen LogP contribution in [-0.4, -0.2) is 61.7 Å². The minimum absolute atomic E-state index is 0.0987. The van der Waals surface area contributed by atoms with Gasteiger partial charge >= 0.3 is 6.09 Å². The van der Waals surface area contributed by atoms with Crippen LogP contribution in [0.4, 0.5) is 4.79 Å². The van der Waals surface area contributed by atoms with Crippen LogP contribution in [0.3, 0.4) is 0 Å². The molecule has 5 nitrogen and oxygen atoms in total. The van der Waals surface area contributed by atoms with Gasteiger partial charge in [-0.2, -0.15) is 0 Å². The van der Waals surface area contributed by atoms with E-state index in [-0.39, 0.29) is 17.6 Å². The first-order valence-electron chi connectivity index (χ1n) is 12.5. The topological polar surface area (TPSA) is 44.8 Å². The number of carbonyl (C=O) groups is 1. The summed E-state index contributed by atoms with van der Waals surface area (Å²) in [5.41, 5.74) is 3.69. The molecule has 0 bridgehead atoms. The monoisotopic (exact) mass is 463 g/mol. The summed E-state index contributed by atoms with van der Waals surface area (Å²) in [6.45, 7) is 13.1. The van der Waals surface area contributed by atoms with Gasteiger partial charge in [-0.25, -0.2) is 4.79 Å². The van der Waals surface area contributed by atoms with E-state index in [4.69, 9.17) is 4.74 Å². The van der Waals surface area contributed by atoms with Gasteiger partial charge in [0, 0.05) is 37.6 Å². The highest BCUT2D eigenvalue weighted by atomic mass is 16.6. The van der Waals surface area contributed by atoms with Gasteiger partial charge in [0.25, 0.3) is 0 Å². The van der Waals surface area contributed by atoms with Gasteiger partial charge in [0.2, 0.25) is 0 Å². The highest BCUT2D eigenvalue weighted by Crippen LogP contribution is 2.28. The maximum absolute atomic E-state index is 12.9. The van der Waals surface area contributed by atoms with Crippen LogP contribution >= 0.6 is 0 Å². The van der Waals surface area contributed by atoms with Crippen molar-refractivity contribution in [3.05, 3.63) is 83.9 Å². The lowest BCUT2D eigenvalue weighted by molar-refractivity contribution is 0.0648. The van der Waals surface area contributed by atoms with Gasteiger partial charge in [-0.1, -0.05) is 73.2 Å². The van der Waals surface area contributed by atoms with Crippen LogP contribution in [-0.2, 0) is 16.8 Å². The zero-order valence-electron chi connectivity index (χ0n) is 21.1. The van der Waals surface area contributed by atoms with Crippen molar-refractivity contribution in [1.29, 1.82) is 0 Å². The normalized spacial score (nSPS) is 16.6. The molecule has 1 N–H and O–H groups in total. The number of amides is 1. The Balaban J connectivity index is 1.51. The van der Waals surface area contributed by atoms with Gasteiger partial charge in [-0.15, -0.1) is 6.58 Å². The van der Waals surface area contributed by atoms with Crippen LogP contribution < -0.4 is 5.32 Å². The molecule has 1 fully saturated rings. The van der Waals surface area contributed by atoms with Gasteiger partial charge in [-0.05, 0) is 50.9 Å². The van der Waals surface area contributed by atoms with Crippen molar-refractivity contribution in [2.45, 2.75) is 51.2 Å². The largest absolute Gasteiger partial charge is 0.445 e. The number of nitrogens with one attached hydrogen (secondary N) is 1. The predicted octanol–water partition coefficient (Wildman–Crippen LogP) is 5.15. The van der Waals surface area contributed by atoms with E-state index < -0.39 is 0 Å². The molecule has 3 rings (SSSR count). The minimum atomic E-state index is -0.246. The van der Waals surface area contributed by atoms with Gasteiger partial charge in [0.05, 0.1) is 0 Å². The van der Waals surface area contributed by atoms with E-state index in [0.717, 1.165) is 51.0 Å². The van der Waals surface area contributed by atoms with Crippen molar-refractivity contribution in [3.8, 4) is 0 Å². The molecule has 1 amide bonds. The van der Waals surface area contributed by atoms with Crippen molar-refractivity contribution in [3.63, 3.8) is 0 Å². The Morgan fingerprint density at radius 2 is 1.85 bits per heavy atom. The quantitative estimate of drug-likeness (QED) is 0.468. The summed E-state index contributed by atoms with van der Waals surface area (Å²) < 4.78 is 5.65. The fourth-order valence-electron chi connectivity index (χ4n) is 4.85. The Morgan fingerprint density at radius 1 is 1.18 bits per heavy atom. The average molecular weight is 464 g/mol. The Kier molecular flexibility index (Phi) is 9.73. The fourth-order valence-corrected chi connectivity index (χ4v) is 4.85. The van der Waals surface area contributed by atoms with Crippen molar-refractivity contribution >= 4 is 6.09 Å². The summed E-state index contributed by atoms with van der Waals surface area (Å²) in [5.74, 6) is 0. The fraction of sp³-hybridized carbons (Fsp3) is 0.483. The zero-order chi connectivity index (χ0) is 24.4. The number of likely N-dealkylation sites (tertiary alicyclic amines) is 1. The van der Waals surface area contributed by atoms with E-state index in [2.05, 4.69) is 61.0 Å². The molecule has 2 aromatic carbocycles. The molecule has 0 aliphatic carbocycles. The molecule has 34 heavy (non-hydrogen) atoms. The molecule has 1 unspecified atom stereocenters. The molecule has 2 aromatic rings. The van der Waals surface area contributed by atoms with E-state index in [1.165, 1.54) is 11.1 Å². The molecule has 0 saturated carbocycles. The van der Waals surface area contributed by atoms with Crippen molar-refractivity contribution < 1.29 is 9.53 Å². The summed E-state index contributed by atoms with van der Waals surface area (Å²) in [7, 11) is 2.03. The lowest BCUT2D eigenvalue weighted by Gasteiger charge is -2.39. The summed E-state index contributed by atoms with van der Waals surface area (Å²) in [6.07, 6.45) is 4.56. The smallest absolute Gasteiger partial charge is 0.410 e. The van der Waals surface area contributed by atoms with Crippen LogP contribution in [0, 0.1) is 6.92 Å². The predicted molar refractivity (Wildman–Crippen MR) is 140 cm³/mol. The van der Waals surface area contributed by atoms with Gasteiger partial charge < -0.3 is 19.9 Å². The number of hydrogen-bond acceptors (Lipinski definition) is 4. The van der Waals surface area contributed by atoms with Crippen LogP contribution in [0.2, 0.25) is 0 Å². The number of piperidine rings is 1. The standard InChI is InChI=1S/C29H41N3O2/c1-5-18-32(28(33)34-22-25-13-11-24(2)12-14-25)27-15-19-31(20-16-27)21-17-29(3,23-30-4)26-9-7-6-8-10-26/h5-14,27,30H,1,15-23H2,2-4H3. The van der Waals surface area contributed by atoms with Crippen LogP contribution in [0.5, 0.6) is 0 Å². The van der Waals surface area contributed by atoms with Gasteiger partial charge in [-0.3, -0.25) is 0 Å². The maximum Gasteiger partial charge on any atom is 0.410 e. The van der Waals surface area contributed by atoms with E-state index in [0.29, 0.717) is 13.2 Å². The molecule has 1 aliphatic rings. The van der Waals surface area contributed by atoms with Crippen LogP contribution in [0.1, 0.15) is 42.9 Å². The average Bonchev–Trinajstić information content (AvgIpc) is 2.87. The second kappa shape index (κ2) is 12.7. The first-order valence-corrected chi connectivity index (χ1v) is 12.5. The second-order valence-corrected chi connectivity index (χ2v) is 9.76. The molecule has 5 heteroatoms. The number of nitrogens with zero attached hydrogens (tertiary/aromatic N) is 2. The third-order valence-corrected chi connectivity index (χ3v) is 7.06. The highest BCUT2D eigenvalue weighted by molar-refractivity contribution is 5.68. The lowest BCUT2D eigenvalue weighted by Crippen LogP contribution is -2.48. The van der Waals surface area contributed by atoms with E-state index in [1.54, 1.807) is 6.08 Å². The number of rotatable bonds is 11. The number of ether oxygens (including phenoxy) is 1. The molecule has 1 aliphatic heterocycles. The Bertz CT molecular complexity index is 891. The summed E-state index contributed by atoms with van der Waals surface area (Å²) in [4.78, 5) is 17.3. The summed E-state index contributed by atoms with van der Waals surface area (Å²) in [5, 5.41) is 3.38. The SMILES string of the molecule is C=CCN(C(=O)OCc1ccc(C)cc1)C1CCN(CCC(C)(CNC)c2ccccc2)CC1. The lowest BCUT2D eigenvalue weighted by atomic mass is 9.79. The number of aryl methyl sites for hydroxylation is 1. The molecular weight excluding hydrogens is 422 g/mol. The third-order valence-electron chi connectivity index (χ3n) is 7.06. The second-order valence-electron chi connectivity index (χ2n) is 9.76. The zero-order valence-corrected chi connectivity index (χ0v) is 21.1. The van der Waals surface area contributed by atoms with E-state index in [9.17, 15) is 4.79 Å². The molecule has 0 aromatic heterocycles. The molecule has 1 heterocycles. The Labute approximate surface area is 205 Å². The Morgan fingerprint density at radius 3 is 2.47 bits per heavy atom. The van der Waals surface area contributed by atoms with E-state index >= 15 is 0 Å². The van der Waals surface area contributed by atoms with Crippen molar-refractivity contribution in [2.24, 2.45) is 0 Å². The van der Waals surface area contributed by atoms with Crippen molar-refractivity contribution in [2.75, 3.05) is 39.8 Å². The summed E-state index contributed by atoms with van der Waals surface area (Å²) in [6, 6.07) is 19.1. The number of carbonyl (C=O) groups excluding carboxylic acids is 1. The Hall–Kier alpha value is -2.63. The maximum atomic E-state index is 12.9. The van der Waals surface area contributed by atoms with Gasteiger partial charge in [0.15, 0.2) is 0 Å². The highest BCUT2D eigenvalue weighted by Gasteiger charge is 2.30. The summed E-state index contributed by atoms with van der Waals surface area (Å²) >= 11 is 0. The molecule has 184 valence electrons. The first-order chi connectivity index (χ1) is 16.4. The van der Waals surface area contributed by atoms with Gasteiger partial charge in [0.1, 0.15) is 6.61 Å². The molecular formula is C29H41N3O2. The molecule has 0 spiro atoms. The van der Waals surface area contributed by atoms with E-state index in [1.807, 2.05) is 36.2 Å². The third kappa shape index (κ3) is 7.18. The number of likely N-dealkylation sites (N-methyl/N-ethyl adjacent to an activating group) is 1. The van der Waals surface area contributed by atoms with Crippen LogP contribution in [0.25, 0.3) is 0 Å². The molecule has 1 atom stereocenters.